The van der Waals surface area contributed by atoms with Gasteiger partial charge in [0.2, 0.25) is 17.6 Å². The second-order valence-electron chi connectivity index (χ2n) is 7.10. The van der Waals surface area contributed by atoms with Crippen LogP contribution in [0.4, 0.5) is 8.78 Å². The highest BCUT2D eigenvalue weighted by molar-refractivity contribution is 6.30. The number of carbonyl (C=O) groups excluding carboxylic acids is 4. The molecule has 6 nitrogen and oxygen atoms in total. The summed E-state index contributed by atoms with van der Waals surface area (Å²) in [4.78, 5) is 50.3. The van der Waals surface area contributed by atoms with Gasteiger partial charge in [0.1, 0.15) is 6.02 Å². The van der Waals surface area contributed by atoms with E-state index in [1.165, 1.54) is 30.3 Å². The molecule has 1 fully saturated rings. The van der Waals surface area contributed by atoms with Crippen LogP contribution in [0.2, 0.25) is 5.02 Å². The Hall–Kier alpha value is -3.13. The van der Waals surface area contributed by atoms with Crippen LogP contribution in [0.3, 0.4) is 0 Å². The van der Waals surface area contributed by atoms with E-state index in [0.29, 0.717) is 4.90 Å². The van der Waals surface area contributed by atoms with Crippen molar-refractivity contribution in [3.05, 3.63) is 69.7 Å². The average molecular weight is 467 g/mol. The number of imide groups is 1. The quantitative estimate of drug-likeness (QED) is 0.661. The van der Waals surface area contributed by atoms with Crippen LogP contribution in [-0.4, -0.2) is 34.4 Å². The van der Waals surface area contributed by atoms with Crippen LogP contribution in [0.15, 0.2) is 42.5 Å². The number of benzene rings is 2. The summed E-state index contributed by atoms with van der Waals surface area (Å²) >= 11 is 5.70. The molecule has 2 aromatic carbocycles. The molecule has 2 unspecified atom stereocenters. The Morgan fingerprint density at radius 1 is 1.25 bits per heavy atom. The van der Waals surface area contributed by atoms with E-state index in [1.54, 1.807) is 5.32 Å². The summed E-state index contributed by atoms with van der Waals surface area (Å²) in [5, 5.41) is 1.80. The van der Waals surface area contributed by atoms with Crippen LogP contribution < -0.4 is 5.32 Å². The highest BCUT2D eigenvalue weighted by atomic mass is 35.5. The lowest BCUT2D eigenvalue weighted by Crippen LogP contribution is -2.52. The first-order valence-electron chi connectivity index (χ1n) is 12.4. The standard InChI is InChI=1S/C23H19ClF2N2O4/c24-16-5-3-15(4-6-16)23(25,26)19(29)9-2-13-1-7-17-14(11-13)12-28(22(17)32)18-8-10-20(30)27-21(18)31/h1,3-7,11,18H,2,8-10,12H2,(H,27,30,31)/i2D,8D2,10D2,18D. The smallest absolute Gasteiger partial charge is 0.322 e. The highest BCUT2D eigenvalue weighted by Gasteiger charge is 2.41. The van der Waals surface area contributed by atoms with E-state index in [-0.39, 0.29) is 21.7 Å². The minimum absolute atomic E-state index is 0.0688. The number of nitrogens with one attached hydrogen (secondary N) is 1. The van der Waals surface area contributed by atoms with Gasteiger partial charge >= 0.3 is 5.92 Å². The molecule has 2 aliphatic heterocycles. The van der Waals surface area contributed by atoms with E-state index >= 15 is 0 Å². The Labute approximate surface area is 196 Å². The fourth-order valence-electron chi connectivity index (χ4n) is 3.36. The molecule has 4 rings (SSSR count). The fraction of sp³-hybridized carbons (Fsp3) is 0.304. The Morgan fingerprint density at radius 2 is 1.97 bits per heavy atom. The minimum atomic E-state index is -3.89. The van der Waals surface area contributed by atoms with Gasteiger partial charge in [-0.2, -0.15) is 8.78 Å². The van der Waals surface area contributed by atoms with Gasteiger partial charge in [-0.15, -0.1) is 0 Å². The van der Waals surface area contributed by atoms with Crippen LogP contribution in [-0.2, 0) is 33.2 Å². The molecule has 2 aromatic rings. The van der Waals surface area contributed by atoms with E-state index in [0.717, 1.165) is 12.1 Å². The first kappa shape index (κ1) is 15.6. The van der Waals surface area contributed by atoms with Crippen LogP contribution in [0, 0.1) is 0 Å². The second-order valence-corrected chi connectivity index (χ2v) is 7.54. The van der Waals surface area contributed by atoms with Crippen molar-refractivity contribution in [1.82, 2.24) is 10.2 Å². The predicted molar refractivity (Wildman–Crippen MR) is 111 cm³/mol. The fourth-order valence-corrected chi connectivity index (χ4v) is 3.49. The summed E-state index contributed by atoms with van der Waals surface area (Å²) in [5.41, 5.74) is -0.506. The molecule has 166 valence electrons. The van der Waals surface area contributed by atoms with Crippen molar-refractivity contribution in [2.75, 3.05) is 0 Å². The maximum absolute atomic E-state index is 14.7. The van der Waals surface area contributed by atoms with Crippen molar-refractivity contribution in [2.45, 2.75) is 44.0 Å². The first-order chi connectivity index (χ1) is 17.5. The number of carbonyl (C=O) groups is 4. The molecule has 0 aromatic heterocycles. The molecule has 2 heterocycles. The Kier molecular flexibility index (Phi) is 4.12. The zero-order valence-corrected chi connectivity index (χ0v) is 17.0. The first-order valence-corrected chi connectivity index (χ1v) is 9.74. The van der Waals surface area contributed by atoms with Gasteiger partial charge in [-0.25, -0.2) is 0 Å². The second kappa shape index (κ2) is 8.43. The van der Waals surface area contributed by atoms with Gasteiger partial charge in [-0.3, -0.25) is 24.5 Å². The van der Waals surface area contributed by atoms with Crippen LogP contribution in [0.1, 0.15) is 54.4 Å². The van der Waals surface area contributed by atoms with Gasteiger partial charge < -0.3 is 4.90 Å². The third-order valence-corrected chi connectivity index (χ3v) is 5.27. The molecule has 32 heavy (non-hydrogen) atoms. The lowest BCUT2D eigenvalue weighted by molar-refractivity contribution is -0.144. The number of Topliss-reactive ketones (excluding diaryl/α,β-unsaturated/α-hetero) is 1. The molecule has 2 aliphatic rings. The number of aryl methyl sites for hydroxylation is 1. The van der Waals surface area contributed by atoms with E-state index in [9.17, 15) is 28.0 Å². The third-order valence-electron chi connectivity index (χ3n) is 5.02. The monoisotopic (exact) mass is 466 g/mol. The number of piperidine rings is 1. The number of nitrogens with zero attached hydrogens (tertiary/aromatic N) is 1. The van der Waals surface area contributed by atoms with E-state index < -0.39 is 73.1 Å². The topological polar surface area (TPSA) is 83.6 Å². The van der Waals surface area contributed by atoms with Gasteiger partial charge in [0, 0.05) is 42.3 Å². The molecule has 0 bridgehead atoms. The molecule has 0 aliphatic carbocycles. The highest BCUT2D eigenvalue weighted by Crippen LogP contribution is 2.32. The average Bonchev–Trinajstić information content (AvgIpc) is 3.18. The minimum Gasteiger partial charge on any atom is -0.322 e. The van der Waals surface area contributed by atoms with E-state index in [2.05, 4.69) is 0 Å². The SMILES string of the molecule is [2H]C(CC(=O)C(F)(F)c1ccc(Cl)cc1)c1ccc2c(c1)CN(C1([2H])C(=O)NC(=O)C([2H])([2H])C1([2H])[2H])C2=O. The van der Waals surface area contributed by atoms with Gasteiger partial charge in [-0.05, 0) is 42.1 Å². The third kappa shape index (κ3) is 4.14. The normalized spacial score (nSPS) is 27.7. The zero-order valence-electron chi connectivity index (χ0n) is 22.2. The number of amides is 3. The summed E-state index contributed by atoms with van der Waals surface area (Å²) in [6.07, 6.45) is -9.14. The molecule has 0 radical (unpaired) electrons. The summed E-state index contributed by atoms with van der Waals surface area (Å²) in [6.45, 7) is -0.565. The molecule has 0 saturated carbocycles. The molecule has 9 heteroatoms. The summed E-state index contributed by atoms with van der Waals surface area (Å²) in [7, 11) is 0. The Bertz CT molecular complexity index is 1370. The molecule has 3 amide bonds. The van der Waals surface area contributed by atoms with Crippen molar-refractivity contribution in [2.24, 2.45) is 0 Å². The molecule has 2 atom stereocenters. The summed E-state index contributed by atoms with van der Waals surface area (Å²) in [5.74, 6) is -9.53. The number of fused-ring (bicyclic) bond motifs is 1. The van der Waals surface area contributed by atoms with Gasteiger partial charge in [0.15, 0.2) is 0 Å². The van der Waals surface area contributed by atoms with Crippen molar-refractivity contribution in [1.29, 1.82) is 0 Å². The number of rotatable bonds is 6. The lowest BCUT2D eigenvalue weighted by Gasteiger charge is -2.29. The van der Waals surface area contributed by atoms with Gasteiger partial charge in [0.05, 0.1) is 1.37 Å². The van der Waals surface area contributed by atoms with Crippen molar-refractivity contribution in [3.63, 3.8) is 0 Å². The number of ketones is 1. The van der Waals surface area contributed by atoms with E-state index in [1.807, 2.05) is 0 Å². The number of hydrogen-bond donors (Lipinski definition) is 1. The van der Waals surface area contributed by atoms with Crippen LogP contribution >= 0.6 is 11.6 Å². The van der Waals surface area contributed by atoms with Crippen LogP contribution in [0.25, 0.3) is 0 Å². The maximum Gasteiger partial charge on any atom is 0.330 e. The van der Waals surface area contributed by atoms with Crippen molar-refractivity contribution < 1.29 is 36.2 Å². The Morgan fingerprint density at radius 3 is 2.69 bits per heavy atom. The molecule has 1 saturated heterocycles. The van der Waals surface area contributed by atoms with E-state index in [4.69, 9.17) is 19.8 Å². The van der Waals surface area contributed by atoms with Crippen molar-refractivity contribution in [3.8, 4) is 0 Å². The Balaban J connectivity index is 1.58. The van der Waals surface area contributed by atoms with Crippen molar-refractivity contribution >= 4 is 35.1 Å². The lowest BCUT2D eigenvalue weighted by atomic mass is 9.97. The van der Waals surface area contributed by atoms with Gasteiger partial charge in [-0.1, -0.05) is 35.9 Å². The maximum atomic E-state index is 14.7. The summed E-state index contributed by atoms with van der Waals surface area (Å²) in [6, 6.07) is 4.92. The molecule has 0 spiro atoms. The number of alkyl halides is 2. The predicted octanol–water partition coefficient (Wildman–Crippen LogP) is 3.39. The zero-order chi connectivity index (χ0) is 28.4. The summed E-state index contributed by atoms with van der Waals surface area (Å²) < 4.78 is 77.9. The van der Waals surface area contributed by atoms with Crippen LogP contribution in [0.5, 0.6) is 0 Å². The molecular formula is C23H19ClF2N2O4. The molecule has 1 N–H and O–H groups in total. The number of hydrogen-bond acceptors (Lipinski definition) is 4. The van der Waals surface area contributed by atoms with Gasteiger partial charge in [0.25, 0.3) is 5.91 Å². The number of halogens is 3. The largest absolute Gasteiger partial charge is 0.330 e. The molecular weight excluding hydrogens is 442 g/mol.